The number of nitrogens with zero attached hydrogens (tertiary/aromatic N) is 2. The fraction of sp³-hybridized carbons (Fsp3) is 0.318. The minimum atomic E-state index is -0.147. The third kappa shape index (κ3) is 4.71. The van der Waals surface area contributed by atoms with E-state index in [0.29, 0.717) is 25.2 Å². The van der Waals surface area contributed by atoms with Crippen molar-refractivity contribution in [2.75, 3.05) is 20.2 Å². The fourth-order valence-corrected chi connectivity index (χ4v) is 5.07. The second-order valence-electron chi connectivity index (χ2n) is 7.17. The van der Waals surface area contributed by atoms with Gasteiger partial charge < -0.3 is 15.0 Å². The molecule has 1 aliphatic heterocycles. The number of ether oxygens (including phenoxy) is 1. The molecule has 0 bridgehead atoms. The zero-order valence-corrected chi connectivity index (χ0v) is 18.3. The summed E-state index contributed by atoms with van der Waals surface area (Å²) in [5.41, 5.74) is 2.40. The largest absolute Gasteiger partial charge is 0.496 e. The minimum Gasteiger partial charge on any atom is -0.496 e. The maximum absolute atomic E-state index is 12.7. The Morgan fingerprint density at radius 3 is 2.73 bits per heavy atom. The van der Waals surface area contributed by atoms with Crippen LogP contribution < -0.4 is 10.1 Å². The molecule has 1 N–H and O–H groups in total. The number of methoxy groups -OCH3 is 1. The Morgan fingerprint density at radius 1 is 1.20 bits per heavy atom. The number of thiazole rings is 1. The number of nitrogens with one attached hydrogen (secondary N) is 1. The fourth-order valence-electron chi connectivity index (χ4n) is 3.55. The number of hydrogen-bond acceptors (Lipinski definition) is 6. The van der Waals surface area contributed by atoms with Gasteiger partial charge in [-0.15, -0.1) is 11.3 Å². The molecule has 0 aliphatic carbocycles. The summed E-state index contributed by atoms with van der Waals surface area (Å²) >= 11 is 3.09. The molecular weight excluding hydrogens is 418 g/mol. The Morgan fingerprint density at radius 2 is 2.00 bits per heavy atom. The number of benzene rings is 1. The van der Waals surface area contributed by atoms with Crippen LogP contribution in [0.3, 0.4) is 0 Å². The summed E-state index contributed by atoms with van der Waals surface area (Å²) in [7, 11) is 1.61. The van der Waals surface area contributed by atoms with Crippen molar-refractivity contribution >= 4 is 34.5 Å². The van der Waals surface area contributed by atoms with Crippen molar-refractivity contribution in [3.8, 4) is 16.3 Å². The first-order valence-electron chi connectivity index (χ1n) is 9.82. The number of likely N-dealkylation sites (tertiary alicyclic amines) is 1. The van der Waals surface area contributed by atoms with Crippen LogP contribution in [0.2, 0.25) is 0 Å². The Kier molecular flexibility index (Phi) is 6.44. The molecule has 2 aromatic heterocycles. The molecule has 0 spiro atoms. The van der Waals surface area contributed by atoms with Gasteiger partial charge >= 0.3 is 0 Å². The van der Waals surface area contributed by atoms with Crippen LogP contribution in [-0.2, 0) is 11.2 Å². The molecule has 8 heteroatoms. The van der Waals surface area contributed by atoms with E-state index >= 15 is 0 Å². The number of rotatable bonds is 6. The van der Waals surface area contributed by atoms with Gasteiger partial charge in [0.2, 0.25) is 5.91 Å². The van der Waals surface area contributed by atoms with E-state index in [4.69, 9.17) is 4.74 Å². The number of thiophene rings is 1. The number of aromatic nitrogens is 1. The summed E-state index contributed by atoms with van der Waals surface area (Å²) in [6, 6.07) is 9.65. The molecule has 0 unspecified atom stereocenters. The smallest absolute Gasteiger partial charge is 0.270 e. The molecule has 3 aromatic rings. The average Bonchev–Trinajstić information content (AvgIpc) is 3.46. The molecule has 2 amide bonds. The van der Waals surface area contributed by atoms with Crippen LogP contribution in [0.4, 0.5) is 0 Å². The second-order valence-corrected chi connectivity index (χ2v) is 8.81. The highest BCUT2D eigenvalue weighted by atomic mass is 32.1. The molecule has 1 fully saturated rings. The van der Waals surface area contributed by atoms with Gasteiger partial charge in [-0.2, -0.15) is 11.3 Å². The summed E-state index contributed by atoms with van der Waals surface area (Å²) < 4.78 is 5.34. The highest BCUT2D eigenvalue weighted by molar-refractivity contribution is 7.14. The topological polar surface area (TPSA) is 71.5 Å². The number of carbonyl (C=O) groups excluding carboxylic acids is 2. The monoisotopic (exact) mass is 441 g/mol. The van der Waals surface area contributed by atoms with E-state index < -0.39 is 0 Å². The number of carbonyl (C=O) groups is 2. The van der Waals surface area contributed by atoms with Crippen molar-refractivity contribution in [3.05, 3.63) is 57.7 Å². The van der Waals surface area contributed by atoms with Crippen LogP contribution in [0.15, 0.2) is 46.5 Å². The molecule has 1 saturated heterocycles. The predicted molar refractivity (Wildman–Crippen MR) is 119 cm³/mol. The van der Waals surface area contributed by atoms with Gasteiger partial charge in [0.15, 0.2) is 0 Å². The highest BCUT2D eigenvalue weighted by Crippen LogP contribution is 2.26. The third-order valence-corrected chi connectivity index (χ3v) is 6.80. The molecule has 3 heterocycles. The van der Waals surface area contributed by atoms with Crippen molar-refractivity contribution in [1.29, 1.82) is 0 Å². The molecule has 30 heavy (non-hydrogen) atoms. The lowest BCUT2D eigenvalue weighted by Gasteiger charge is -2.32. The van der Waals surface area contributed by atoms with Gasteiger partial charge in [-0.25, -0.2) is 4.98 Å². The predicted octanol–water partition coefficient (Wildman–Crippen LogP) is 3.84. The number of hydrogen-bond donors (Lipinski definition) is 1. The molecule has 0 saturated carbocycles. The Labute approximate surface area is 183 Å². The average molecular weight is 442 g/mol. The normalized spacial score (nSPS) is 14.5. The molecule has 6 nitrogen and oxygen atoms in total. The molecule has 0 atom stereocenters. The van der Waals surface area contributed by atoms with Gasteiger partial charge in [0.25, 0.3) is 5.91 Å². The van der Waals surface area contributed by atoms with Crippen molar-refractivity contribution in [1.82, 2.24) is 15.2 Å². The second kappa shape index (κ2) is 9.40. The first kappa shape index (κ1) is 20.6. The summed E-state index contributed by atoms with van der Waals surface area (Å²) in [6.07, 6.45) is 1.81. The van der Waals surface area contributed by atoms with E-state index in [9.17, 15) is 9.59 Å². The summed E-state index contributed by atoms with van der Waals surface area (Å²) in [6.45, 7) is 1.27. The number of para-hydroxylation sites is 1. The lowest BCUT2D eigenvalue weighted by Crippen LogP contribution is -2.47. The molecule has 4 rings (SSSR count). The third-order valence-electron chi connectivity index (χ3n) is 5.22. The van der Waals surface area contributed by atoms with Crippen LogP contribution in [0, 0.1) is 0 Å². The summed E-state index contributed by atoms with van der Waals surface area (Å²) in [4.78, 5) is 31.6. The van der Waals surface area contributed by atoms with Crippen LogP contribution in [0.1, 0.15) is 28.9 Å². The van der Waals surface area contributed by atoms with Gasteiger partial charge in [-0.05, 0) is 30.4 Å². The van der Waals surface area contributed by atoms with Crippen LogP contribution in [0.25, 0.3) is 10.6 Å². The van der Waals surface area contributed by atoms with E-state index in [0.717, 1.165) is 34.7 Å². The van der Waals surface area contributed by atoms with Crippen LogP contribution in [-0.4, -0.2) is 47.9 Å². The highest BCUT2D eigenvalue weighted by Gasteiger charge is 2.25. The van der Waals surface area contributed by atoms with E-state index in [1.54, 1.807) is 23.8 Å². The van der Waals surface area contributed by atoms with Gasteiger partial charge in [0.05, 0.1) is 13.5 Å². The van der Waals surface area contributed by atoms with Crippen molar-refractivity contribution < 1.29 is 14.3 Å². The Balaban J connectivity index is 1.28. The van der Waals surface area contributed by atoms with E-state index in [1.807, 2.05) is 46.0 Å². The molecule has 1 aromatic carbocycles. The molecule has 156 valence electrons. The van der Waals surface area contributed by atoms with E-state index in [2.05, 4.69) is 10.3 Å². The van der Waals surface area contributed by atoms with Crippen molar-refractivity contribution in [2.45, 2.75) is 25.3 Å². The summed E-state index contributed by atoms with van der Waals surface area (Å²) in [5.74, 6) is 0.675. The first-order chi connectivity index (χ1) is 14.6. The maximum Gasteiger partial charge on any atom is 0.270 e. The van der Waals surface area contributed by atoms with Crippen LogP contribution in [0.5, 0.6) is 5.75 Å². The van der Waals surface area contributed by atoms with Crippen LogP contribution >= 0.6 is 22.7 Å². The van der Waals surface area contributed by atoms with Gasteiger partial charge in [-0.3, -0.25) is 9.59 Å². The molecular formula is C22H23N3O3S2. The lowest BCUT2D eigenvalue weighted by atomic mass is 10.0. The zero-order valence-electron chi connectivity index (χ0n) is 16.7. The van der Waals surface area contributed by atoms with E-state index in [-0.39, 0.29) is 17.9 Å². The molecule has 0 radical (unpaired) electrons. The van der Waals surface area contributed by atoms with Crippen molar-refractivity contribution in [2.24, 2.45) is 0 Å². The standard InChI is InChI=1S/C22H23N3O3S2/c1-28-19-5-3-2-4-15(19)12-20(26)25-9-6-17(7-10-25)23-21(27)18-14-30-22(24-18)16-8-11-29-13-16/h2-5,8,11,13-14,17H,6-7,9-10,12H2,1H3,(H,23,27). The van der Waals surface area contributed by atoms with Gasteiger partial charge in [0.1, 0.15) is 16.5 Å². The van der Waals surface area contributed by atoms with E-state index in [1.165, 1.54) is 11.3 Å². The first-order valence-corrected chi connectivity index (χ1v) is 11.6. The molecule has 1 aliphatic rings. The van der Waals surface area contributed by atoms with Gasteiger partial charge in [0, 0.05) is 41.0 Å². The Hall–Kier alpha value is -2.71. The zero-order chi connectivity index (χ0) is 20.9. The number of piperidine rings is 1. The minimum absolute atomic E-state index is 0.0547. The number of amides is 2. The maximum atomic E-state index is 12.7. The van der Waals surface area contributed by atoms with Gasteiger partial charge in [-0.1, -0.05) is 18.2 Å². The lowest BCUT2D eigenvalue weighted by molar-refractivity contribution is -0.131. The van der Waals surface area contributed by atoms with Crippen molar-refractivity contribution in [3.63, 3.8) is 0 Å². The SMILES string of the molecule is COc1ccccc1CC(=O)N1CCC(NC(=O)c2csc(-c3ccsc3)n2)CC1. The quantitative estimate of drug-likeness (QED) is 0.631. The summed E-state index contributed by atoms with van der Waals surface area (Å²) in [5, 5.41) is 9.76. The Bertz CT molecular complexity index is 1010.